The third-order valence-corrected chi connectivity index (χ3v) is 2.35. The Hall–Kier alpha value is -1.61. The molecule has 0 spiro atoms. The van der Waals surface area contributed by atoms with Gasteiger partial charge in [0.1, 0.15) is 12.4 Å². The molecule has 0 bridgehead atoms. The third kappa shape index (κ3) is 2.44. The number of Topliss-reactive ketones (excluding diaryl/α,β-unsaturated/α-hetero) is 1. The van der Waals surface area contributed by atoms with Crippen molar-refractivity contribution in [3.8, 4) is 0 Å². The minimum Gasteiger partial charge on any atom is -0.290 e. The van der Waals surface area contributed by atoms with Gasteiger partial charge in [-0.15, -0.1) is 0 Å². The van der Waals surface area contributed by atoms with Crippen LogP contribution in [0.2, 0.25) is 5.02 Å². The number of H-pyrrole nitrogens is 1. The minimum atomic E-state index is 0.0660. The van der Waals surface area contributed by atoms with Gasteiger partial charge in [-0.3, -0.25) is 9.78 Å². The molecule has 0 aliphatic heterocycles. The summed E-state index contributed by atoms with van der Waals surface area (Å²) in [5, 5.41) is 0.640. The van der Waals surface area contributed by atoms with Crippen molar-refractivity contribution in [2.24, 2.45) is 0 Å². The minimum absolute atomic E-state index is 0.0660. The molecule has 2 rings (SSSR count). The van der Waals surface area contributed by atoms with E-state index in [1.165, 1.54) is 0 Å². The van der Waals surface area contributed by atoms with Crippen molar-refractivity contribution in [1.29, 1.82) is 0 Å². The topological polar surface area (TPSA) is 36.7 Å². The van der Waals surface area contributed by atoms with Crippen LogP contribution in [0.4, 0.5) is 0 Å². The molecule has 4 heteroatoms. The Bertz CT molecular complexity index is 448. The standard InChI is InChI=1S/C11H9ClN2O/c12-10-3-1-9(2-4-10)11(15)7-14-6-5-13-8-14/h1-6,8H,7H2/p+1. The maximum atomic E-state index is 11.7. The van der Waals surface area contributed by atoms with Crippen molar-refractivity contribution < 1.29 is 9.36 Å². The van der Waals surface area contributed by atoms with Crippen LogP contribution in [0.5, 0.6) is 0 Å². The van der Waals surface area contributed by atoms with Crippen LogP contribution in [0, 0.1) is 0 Å². The van der Waals surface area contributed by atoms with Gasteiger partial charge in [0.25, 0.3) is 0 Å². The summed E-state index contributed by atoms with van der Waals surface area (Å²) in [6.45, 7) is 0.338. The molecule has 0 radical (unpaired) electrons. The van der Waals surface area contributed by atoms with Crippen molar-refractivity contribution in [3.63, 3.8) is 0 Å². The highest BCUT2D eigenvalue weighted by molar-refractivity contribution is 6.30. The number of aromatic nitrogens is 2. The van der Waals surface area contributed by atoms with E-state index in [1.807, 2.05) is 6.20 Å². The monoisotopic (exact) mass is 221 g/mol. The van der Waals surface area contributed by atoms with Gasteiger partial charge in [-0.2, -0.15) is 0 Å². The molecule has 0 saturated heterocycles. The summed E-state index contributed by atoms with van der Waals surface area (Å²) < 4.78 is 1.79. The molecule has 0 fully saturated rings. The van der Waals surface area contributed by atoms with E-state index in [0.717, 1.165) is 0 Å². The maximum Gasteiger partial charge on any atom is 0.241 e. The fourth-order valence-electron chi connectivity index (χ4n) is 1.31. The summed E-state index contributed by atoms with van der Waals surface area (Å²) in [5.74, 6) is 0.0660. The molecular weight excluding hydrogens is 212 g/mol. The highest BCUT2D eigenvalue weighted by atomic mass is 35.5. The number of carbonyl (C=O) groups is 1. The zero-order chi connectivity index (χ0) is 10.7. The smallest absolute Gasteiger partial charge is 0.241 e. The Morgan fingerprint density at radius 2 is 2.07 bits per heavy atom. The second-order valence-corrected chi connectivity index (χ2v) is 3.65. The van der Waals surface area contributed by atoms with E-state index in [0.29, 0.717) is 17.1 Å². The number of nitrogens with one attached hydrogen (secondary N) is 1. The van der Waals surface area contributed by atoms with E-state index in [9.17, 15) is 4.79 Å². The Labute approximate surface area is 92.3 Å². The van der Waals surface area contributed by atoms with E-state index >= 15 is 0 Å². The predicted molar refractivity (Wildman–Crippen MR) is 56.8 cm³/mol. The van der Waals surface area contributed by atoms with Crippen molar-refractivity contribution in [2.75, 3.05) is 0 Å². The van der Waals surface area contributed by atoms with Gasteiger partial charge in [0.05, 0.1) is 0 Å². The number of carbonyl (C=O) groups excluding carboxylic acids is 1. The molecule has 1 heterocycles. The van der Waals surface area contributed by atoms with E-state index < -0.39 is 0 Å². The van der Waals surface area contributed by atoms with Crippen molar-refractivity contribution in [3.05, 3.63) is 53.6 Å². The molecule has 1 aromatic heterocycles. The van der Waals surface area contributed by atoms with Crippen LogP contribution in [0.25, 0.3) is 0 Å². The fourth-order valence-corrected chi connectivity index (χ4v) is 1.44. The number of aromatic amines is 1. The molecule has 0 aliphatic carbocycles. The van der Waals surface area contributed by atoms with Crippen molar-refractivity contribution >= 4 is 17.4 Å². The zero-order valence-corrected chi connectivity index (χ0v) is 8.74. The van der Waals surface area contributed by atoms with E-state index in [1.54, 1.807) is 41.4 Å². The number of nitrogens with zero attached hydrogens (tertiary/aromatic N) is 1. The first-order valence-electron chi connectivity index (χ1n) is 4.56. The Balaban J connectivity index is 2.11. The summed E-state index contributed by atoms with van der Waals surface area (Å²) in [6.07, 6.45) is 5.33. The average molecular weight is 222 g/mol. The Morgan fingerprint density at radius 3 is 2.67 bits per heavy atom. The lowest BCUT2D eigenvalue weighted by Crippen LogP contribution is -2.35. The lowest BCUT2D eigenvalue weighted by Gasteiger charge is -1.98. The first kappa shape index (κ1) is 9.93. The number of halogens is 1. The number of hydrogen-bond acceptors (Lipinski definition) is 1. The quantitative estimate of drug-likeness (QED) is 0.623. The third-order valence-electron chi connectivity index (χ3n) is 2.09. The molecule has 15 heavy (non-hydrogen) atoms. The number of ketones is 1. The SMILES string of the molecule is O=C(C[n+]1cc[nH]c1)c1ccc(Cl)cc1. The van der Waals surface area contributed by atoms with Gasteiger partial charge >= 0.3 is 0 Å². The Morgan fingerprint density at radius 1 is 1.33 bits per heavy atom. The number of rotatable bonds is 3. The summed E-state index contributed by atoms with van der Waals surface area (Å²) >= 11 is 5.74. The summed E-state index contributed by atoms with van der Waals surface area (Å²) in [5.41, 5.74) is 0.674. The van der Waals surface area contributed by atoms with Crippen LogP contribution >= 0.6 is 11.6 Å². The zero-order valence-electron chi connectivity index (χ0n) is 7.98. The van der Waals surface area contributed by atoms with Gasteiger partial charge in [0, 0.05) is 10.6 Å². The molecule has 0 atom stereocenters. The van der Waals surface area contributed by atoms with Crippen LogP contribution < -0.4 is 4.57 Å². The van der Waals surface area contributed by atoms with Crippen LogP contribution in [0.15, 0.2) is 43.0 Å². The second-order valence-electron chi connectivity index (χ2n) is 3.21. The number of imidazole rings is 1. The molecule has 0 amide bonds. The highest BCUT2D eigenvalue weighted by Crippen LogP contribution is 2.09. The van der Waals surface area contributed by atoms with Crippen molar-refractivity contribution in [2.45, 2.75) is 6.54 Å². The highest BCUT2D eigenvalue weighted by Gasteiger charge is 2.09. The summed E-state index contributed by atoms with van der Waals surface area (Å²) in [4.78, 5) is 14.6. The van der Waals surface area contributed by atoms with Crippen molar-refractivity contribution in [1.82, 2.24) is 4.98 Å². The van der Waals surface area contributed by atoms with Gasteiger partial charge in [0.2, 0.25) is 12.1 Å². The van der Waals surface area contributed by atoms with Crippen LogP contribution in [-0.4, -0.2) is 10.8 Å². The molecular formula is C11H10ClN2O+. The fraction of sp³-hybridized carbons (Fsp3) is 0.0909. The first-order valence-corrected chi connectivity index (χ1v) is 4.94. The average Bonchev–Trinajstić information content (AvgIpc) is 2.71. The second kappa shape index (κ2) is 4.28. The Kier molecular flexibility index (Phi) is 2.83. The molecule has 1 aromatic carbocycles. The number of hydrogen-bond donors (Lipinski definition) is 1. The summed E-state index contributed by atoms with van der Waals surface area (Å²) in [7, 11) is 0. The normalized spacial score (nSPS) is 10.2. The van der Waals surface area contributed by atoms with Crippen LogP contribution in [-0.2, 0) is 6.54 Å². The molecule has 0 saturated carbocycles. The van der Waals surface area contributed by atoms with Gasteiger partial charge in [-0.1, -0.05) is 11.6 Å². The first-order chi connectivity index (χ1) is 7.25. The molecule has 0 unspecified atom stereocenters. The van der Waals surface area contributed by atoms with E-state index in [-0.39, 0.29) is 5.78 Å². The van der Waals surface area contributed by atoms with Gasteiger partial charge in [-0.05, 0) is 24.3 Å². The van der Waals surface area contributed by atoms with Crippen LogP contribution in [0.1, 0.15) is 10.4 Å². The molecule has 76 valence electrons. The van der Waals surface area contributed by atoms with Crippen LogP contribution in [0.3, 0.4) is 0 Å². The number of benzene rings is 1. The maximum absolute atomic E-state index is 11.7. The lowest BCUT2D eigenvalue weighted by atomic mass is 10.1. The molecule has 2 aromatic rings. The van der Waals surface area contributed by atoms with E-state index in [2.05, 4.69) is 4.98 Å². The van der Waals surface area contributed by atoms with Gasteiger partial charge < -0.3 is 0 Å². The van der Waals surface area contributed by atoms with E-state index in [4.69, 9.17) is 11.6 Å². The lowest BCUT2D eigenvalue weighted by molar-refractivity contribution is -0.681. The summed E-state index contributed by atoms with van der Waals surface area (Å²) in [6, 6.07) is 6.91. The largest absolute Gasteiger partial charge is 0.290 e. The molecule has 1 N–H and O–H groups in total. The van der Waals surface area contributed by atoms with Gasteiger partial charge in [0.15, 0.2) is 6.54 Å². The van der Waals surface area contributed by atoms with Gasteiger partial charge in [-0.25, -0.2) is 4.57 Å². The molecule has 3 nitrogen and oxygen atoms in total. The molecule has 0 aliphatic rings. The predicted octanol–water partition coefficient (Wildman–Crippen LogP) is 1.84.